The quantitative estimate of drug-likeness (QED) is 0.364. The molecule has 0 saturated carbocycles. The summed E-state index contributed by atoms with van der Waals surface area (Å²) in [6.07, 6.45) is 10.7. The number of Topliss-reactive ketones (excluding diaryl/α,β-unsaturated/α-hetero) is 1. The van der Waals surface area contributed by atoms with Crippen LogP contribution in [-0.2, 0) is 4.79 Å². The largest absolute Gasteiger partial charge is 0.292 e. The molecule has 2 heteroatoms. The van der Waals surface area contributed by atoms with Gasteiger partial charge in [0.1, 0.15) is 5.71 Å². The maximum atomic E-state index is 12.2. The summed E-state index contributed by atoms with van der Waals surface area (Å²) in [7, 11) is 0. The van der Waals surface area contributed by atoms with Gasteiger partial charge in [-0.25, -0.2) is 0 Å². The van der Waals surface area contributed by atoms with Crippen molar-refractivity contribution >= 4 is 11.5 Å². The monoisotopic (exact) mass is 311 g/mol. The molecule has 0 fully saturated rings. The van der Waals surface area contributed by atoms with Gasteiger partial charge in [-0.15, -0.1) is 0 Å². The zero-order valence-corrected chi connectivity index (χ0v) is 15.0. The van der Waals surface area contributed by atoms with Crippen LogP contribution in [0.25, 0.3) is 0 Å². The van der Waals surface area contributed by atoms with E-state index in [0.29, 0.717) is 18.6 Å². The number of ketones is 1. The number of nitrogens with zero attached hydrogens (tertiary/aromatic N) is 1. The fourth-order valence-corrected chi connectivity index (χ4v) is 2.09. The summed E-state index contributed by atoms with van der Waals surface area (Å²) >= 11 is 0. The zero-order valence-electron chi connectivity index (χ0n) is 15.0. The third-order valence-corrected chi connectivity index (χ3v) is 3.48. The lowest BCUT2D eigenvalue weighted by Crippen LogP contribution is -2.11. The highest BCUT2D eigenvalue weighted by molar-refractivity contribution is 6.44. The molecular weight excluding hydrogens is 282 g/mol. The highest BCUT2D eigenvalue weighted by Crippen LogP contribution is 2.20. The number of hydrogen-bond donors (Lipinski definition) is 0. The van der Waals surface area contributed by atoms with Crippen LogP contribution in [0.5, 0.6) is 0 Å². The molecule has 0 amide bonds. The van der Waals surface area contributed by atoms with E-state index >= 15 is 0 Å². The average molecular weight is 311 g/mol. The van der Waals surface area contributed by atoms with Crippen LogP contribution in [0.1, 0.15) is 47.0 Å². The number of carbonyl (C=O) groups is 1. The minimum absolute atomic E-state index is 0.00880. The van der Waals surface area contributed by atoms with E-state index in [0.717, 1.165) is 17.6 Å². The van der Waals surface area contributed by atoms with Gasteiger partial charge < -0.3 is 0 Å². The molecular formula is C21H29NO. The molecule has 124 valence electrons. The van der Waals surface area contributed by atoms with Crippen molar-refractivity contribution in [3.63, 3.8) is 0 Å². The summed E-state index contributed by atoms with van der Waals surface area (Å²) < 4.78 is 0. The minimum Gasteiger partial charge on any atom is -0.292 e. The summed E-state index contributed by atoms with van der Waals surface area (Å²) in [6.45, 7) is 19.7. The SMILES string of the molecule is C=CN=C(/C=C\C)C(=O)CCC(=C)/C(C=C)=C/C(CC)=C(C)C. The molecule has 23 heavy (non-hydrogen) atoms. The van der Waals surface area contributed by atoms with Crippen molar-refractivity contribution in [3.05, 3.63) is 72.5 Å². The van der Waals surface area contributed by atoms with Gasteiger partial charge in [-0.3, -0.25) is 9.79 Å². The Labute approximate surface area is 141 Å². The van der Waals surface area contributed by atoms with Gasteiger partial charge in [0.05, 0.1) is 0 Å². The van der Waals surface area contributed by atoms with Crippen LogP contribution in [0.3, 0.4) is 0 Å². The summed E-state index contributed by atoms with van der Waals surface area (Å²) in [4.78, 5) is 16.2. The number of aliphatic imine (C=N–C) groups is 1. The predicted molar refractivity (Wildman–Crippen MR) is 103 cm³/mol. The Balaban J connectivity index is 5.06. The standard InChI is InChI=1S/C21H29NO/c1-8-12-20(22-11-4)21(23)14-13-17(7)19(10-3)15-18(9-2)16(5)6/h8,10-12,15H,3-4,7,9,13-14H2,1-2,5-6H3/b12-8-,19-15+,22-20?. The Kier molecular flexibility index (Phi) is 10.3. The lowest BCUT2D eigenvalue weighted by atomic mass is 9.96. The summed E-state index contributed by atoms with van der Waals surface area (Å²) in [5.41, 5.74) is 4.89. The van der Waals surface area contributed by atoms with E-state index in [1.807, 2.05) is 6.92 Å². The fourth-order valence-electron chi connectivity index (χ4n) is 2.09. The average Bonchev–Trinajstić information content (AvgIpc) is 2.52. The highest BCUT2D eigenvalue weighted by atomic mass is 16.1. The van der Waals surface area contributed by atoms with Crippen LogP contribution in [0.2, 0.25) is 0 Å². The molecule has 0 radical (unpaired) electrons. The second kappa shape index (κ2) is 11.4. The Hall–Kier alpha value is -2.22. The van der Waals surface area contributed by atoms with E-state index in [1.54, 1.807) is 18.2 Å². The molecule has 0 aliphatic rings. The van der Waals surface area contributed by atoms with E-state index in [9.17, 15) is 4.79 Å². The Morgan fingerprint density at radius 1 is 1.17 bits per heavy atom. The summed E-state index contributed by atoms with van der Waals surface area (Å²) in [5.74, 6) is -0.00880. The second-order valence-corrected chi connectivity index (χ2v) is 5.41. The van der Waals surface area contributed by atoms with Crippen molar-refractivity contribution in [3.8, 4) is 0 Å². The van der Waals surface area contributed by atoms with Crippen LogP contribution >= 0.6 is 0 Å². The molecule has 0 atom stereocenters. The molecule has 0 spiro atoms. The van der Waals surface area contributed by atoms with Crippen molar-refractivity contribution in [2.45, 2.75) is 47.0 Å². The Morgan fingerprint density at radius 3 is 2.26 bits per heavy atom. The lowest BCUT2D eigenvalue weighted by molar-refractivity contribution is -0.112. The first kappa shape index (κ1) is 20.8. The van der Waals surface area contributed by atoms with Gasteiger partial charge in [0.15, 0.2) is 5.78 Å². The normalized spacial score (nSPS) is 12.2. The molecule has 2 nitrogen and oxygen atoms in total. The molecule has 0 heterocycles. The summed E-state index contributed by atoms with van der Waals surface area (Å²) in [6, 6.07) is 0. The van der Waals surface area contributed by atoms with E-state index < -0.39 is 0 Å². The zero-order chi connectivity index (χ0) is 17.8. The van der Waals surface area contributed by atoms with Crippen LogP contribution < -0.4 is 0 Å². The van der Waals surface area contributed by atoms with E-state index in [4.69, 9.17) is 0 Å². The number of rotatable bonds is 10. The van der Waals surface area contributed by atoms with E-state index in [-0.39, 0.29) is 5.78 Å². The third-order valence-electron chi connectivity index (χ3n) is 3.48. The number of allylic oxidation sites excluding steroid dienone is 8. The van der Waals surface area contributed by atoms with Crippen molar-refractivity contribution in [2.24, 2.45) is 4.99 Å². The number of hydrogen-bond acceptors (Lipinski definition) is 2. The Bertz CT molecular complexity index is 579. The van der Waals surface area contributed by atoms with Gasteiger partial charge in [0, 0.05) is 12.6 Å². The van der Waals surface area contributed by atoms with Gasteiger partial charge in [-0.2, -0.15) is 0 Å². The molecule has 0 aromatic carbocycles. The topological polar surface area (TPSA) is 29.4 Å². The first-order chi connectivity index (χ1) is 10.9. The number of carbonyl (C=O) groups excluding carboxylic acids is 1. The molecule has 0 rings (SSSR count). The predicted octanol–water partition coefficient (Wildman–Crippen LogP) is 5.91. The van der Waals surface area contributed by atoms with Gasteiger partial charge in [0.2, 0.25) is 0 Å². The first-order valence-corrected chi connectivity index (χ1v) is 7.94. The third kappa shape index (κ3) is 7.55. The lowest BCUT2D eigenvalue weighted by Gasteiger charge is -2.09. The van der Waals surface area contributed by atoms with Crippen molar-refractivity contribution in [1.82, 2.24) is 0 Å². The van der Waals surface area contributed by atoms with E-state index in [2.05, 4.69) is 51.6 Å². The van der Waals surface area contributed by atoms with Crippen molar-refractivity contribution in [1.29, 1.82) is 0 Å². The maximum Gasteiger partial charge on any atom is 0.181 e. The second-order valence-electron chi connectivity index (χ2n) is 5.41. The van der Waals surface area contributed by atoms with Crippen molar-refractivity contribution in [2.75, 3.05) is 0 Å². The molecule has 0 unspecified atom stereocenters. The molecule has 0 aliphatic carbocycles. The molecule has 0 N–H and O–H groups in total. The smallest absolute Gasteiger partial charge is 0.181 e. The van der Waals surface area contributed by atoms with Crippen LogP contribution in [-0.4, -0.2) is 11.5 Å². The first-order valence-electron chi connectivity index (χ1n) is 7.94. The van der Waals surface area contributed by atoms with Crippen LogP contribution in [0.4, 0.5) is 0 Å². The maximum absolute atomic E-state index is 12.2. The van der Waals surface area contributed by atoms with Crippen LogP contribution in [0, 0.1) is 0 Å². The van der Waals surface area contributed by atoms with E-state index in [1.165, 1.54) is 17.3 Å². The highest BCUT2D eigenvalue weighted by Gasteiger charge is 2.10. The molecule has 0 aromatic heterocycles. The summed E-state index contributed by atoms with van der Waals surface area (Å²) in [5, 5.41) is 0. The van der Waals surface area contributed by atoms with Gasteiger partial charge in [-0.05, 0) is 56.4 Å². The Morgan fingerprint density at radius 2 is 1.83 bits per heavy atom. The molecule has 0 bridgehead atoms. The molecule has 0 aromatic rings. The fraction of sp³-hybridized carbons (Fsp3) is 0.333. The van der Waals surface area contributed by atoms with Gasteiger partial charge in [-0.1, -0.05) is 50.5 Å². The van der Waals surface area contributed by atoms with Crippen molar-refractivity contribution < 1.29 is 4.79 Å². The van der Waals surface area contributed by atoms with Gasteiger partial charge >= 0.3 is 0 Å². The van der Waals surface area contributed by atoms with Gasteiger partial charge in [0.25, 0.3) is 0 Å². The molecule has 0 saturated heterocycles. The van der Waals surface area contributed by atoms with Crippen LogP contribution in [0.15, 0.2) is 77.5 Å². The molecule has 0 aliphatic heterocycles. The minimum atomic E-state index is -0.00880.